The Bertz CT molecular complexity index is 126. The van der Waals surface area contributed by atoms with Crippen LogP contribution in [-0.2, 0) is 0 Å². The van der Waals surface area contributed by atoms with Crippen molar-refractivity contribution in [1.29, 1.82) is 0 Å². The second-order valence-corrected chi connectivity index (χ2v) is 3.76. The van der Waals surface area contributed by atoms with E-state index in [1.165, 1.54) is 0 Å². The quantitative estimate of drug-likeness (QED) is 0.671. The highest BCUT2D eigenvalue weighted by atomic mass is 19.3. The third kappa shape index (κ3) is 2.73. The lowest BCUT2D eigenvalue weighted by molar-refractivity contribution is -0.0929. The van der Waals surface area contributed by atoms with E-state index in [0.29, 0.717) is 5.92 Å². The third-order valence-electron chi connectivity index (χ3n) is 1.90. The van der Waals surface area contributed by atoms with Crippen molar-refractivity contribution in [2.45, 2.75) is 38.7 Å². The van der Waals surface area contributed by atoms with Crippen LogP contribution in [0.3, 0.4) is 0 Å². The van der Waals surface area contributed by atoms with Gasteiger partial charge in [0.15, 0.2) is 0 Å². The normalized spacial score (nSPS) is 23.7. The van der Waals surface area contributed by atoms with Crippen LogP contribution in [0.5, 0.6) is 0 Å². The zero-order chi connectivity index (χ0) is 8.48. The third-order valence-corrected chi connectivity index (χ3v) is 1.90. The molecular weight excluding hydrogens is 148 g/mol. The Balaban J connectivity index is 2.05. The molecule has 0 radical (unpaired) electrons. The SMILES string of the molecule is CC(C)CNC1CC(F)(F)C1. The van der Waals surface area contributed by atoms with E-state index in [-0.39, 0.29) is 18.9 Å². The highest BCUT2D eigenvalue weighted by Gasteiger charge is 2.44. The molecule has 1 aliphatic rings. The summed E-state index contributed by atoms with van der Waals surface area (Å²) in [7, 11) is 0. The maximum absolute atomic E-state index is 12.3. The molecule has 0 saturated heterocycles. The van der Waals surface area contributed by atoms with E-state index in [2.05, 4.69) is 19.2 Å². The maximum atomic E-state index is 12.3. The van der Waals surface area contributed by atoms with Gasteiger partial charge in [0.05, 0.1) is 0 Å². The molecular formula is C8H15F2N. The van der Waals surface area contributed by atoms with Crippen LogP contribution in [0.25, 0.3) is 0 Å². The van der Waals surface area contributed by atoms with E-state index in [4.69, 9.17) is 0 Å². The van der Waals surface area contributed by atoms with E-state index < -0.39 is 5.92 Å². The number of halogens is 2. The molecule has 0 aromatic heterocycles. The lowest BCUT2D eigenvalue weighted by atomic mass is 9.88. The number of rotatable bonds is 3. The van der Waals surface area contributed by atoms with Crippen LogP contribution in [0, 0.1) is 5.92 Å². The van der Waals surface area contributed by atoms with Crippen molar-refractivity contribution in [2.75, 3.05) is 6.54 Å². The van der Waals surface area contributed by atoms with Crippen LogP contribution in [0.15, 0.2) is 0 Å². The number of hydrogen-bond acceptors (Lipinski definition) is 1. The molecule has 0 aromatic rings. The zero-order valence-electron chi connectivity index (χ0n) is 7.03. The molecule has 0 amide bonds. The van der Waals surface area contributed by atoms with Crippen LogP contribution in [0.2, 0.25) is 0 Å². The Labute approximate surface area is 66.2 Å². The number of nitrogens with one attached hydrogen (secondary N) is 1. The predicted octanol–water partition coefficient (Wildman–Crippen LogP) is 2.03. The monoisotopic (exact) mass is 163 g/mol. The van der Waals surface area contributed by atoms with Gasteiger partial charge in [-0.3, -0.25) is 0 Å². The molecule has 0 bridgehead atoms. The second-order valence-electron chi connectivity index (χ2n) is 3.76. The van der Waals surface area contributed by atoms with Crippen LogP contribution >= 0.6 is 0 Å². The van der Waals surface area contributed by atoms with Gasteiger partial charge in [-0.25, -0.2) is 8.78 Å². The molecule has 66 valence electrons. The molecule has 1 fully saturated rings. The summed E-state index contributed by atoms with van der Waals surface area (Å²) in [5.74, 6) is -1.83. The van der Waals surface area contributed by atoms with Gasteiger partial charge in [-0.1, -0.05) is 13.8 Å². The second kappa shape index (κ2) is 3.05. The van der Waals surface area contributed by atoms with Gasteiger partial charge >= 0.3 is 0 Å². The molecule has 1 nitrogen and oxygen atoms in total. The van der Waals surface area contributed by atoms with Crippen LogP contribution < -0.4 is 5.32 Å². The first-order valence-electron chi connectivity index (χ1n) is 4.11. The lowest BCUT2D eigenvalue weighted by Gasteiger charge is -2.35. The molecule has 0 atom stereocenters. The average Bonchev–Trinajstić information content (AvgIpc) is 1.78. The summed E-state index contributed by atoms with van der Waals surface area (Å²) >= 11 is 0. The van der Waals surface area contributed by atoms with Crippen molar-refractivity contribution in [2.24, 2.45) is 5.92 Å². The minimum absolute atomic E-state index is 0.0275. The Morgan fingerprint density at radius 2 is 2.00 bits per heavy atom. The van der Waals surface area contributed by atoms with Gasteiger partial charge in [0.1, 0.15) is 0 Å². The van der Waals surface area contributed by atoms with Gasteiger partial charge in [-0.05, 0) is 12.5 Å². The summed E-state index contributed by atoms with van der Waals surface area (Å²) in [6.45, 7) is 4.99. The van der Waals surface area contributed by atoms with Crippen molar-refractivity contribution in [3.8, 4) is 0 Å². The smallest absolute Gasteiger partial charge is 0.251 e. The van der Waals surface area contributed by atoms with Crippen molar-refractivity contribution < 1.29 is 8.78 Å². The van der Waals surface area contributed by atoms with Crippen LogP contribution in [0.4, 0.5) is 8.78 Å². The fourth-order valence-corrected chi connectivity index (χ4v) is 1.21. The van der Waals surface area contributed by atoms with E-state index in [0.717, 1.165) is 6.54 Å². The zero-order valence-corrected chi connectivity index (χ0v) is 7.03. The Kier molecular flexibility index (Phi) is 2.47. The minimum atomic E-state index is -2.38. The topological polar surface area (TPSA) is 12.0 Å². The number of alkyl halides is 2. The largest absolute Gasteiger partial charge is 0.313 e. The van der Waals surface area contributed by atoms with Crippen LogP contribution in [0.1, 0.15) is 26.7 Å². The molecule has 1 saturated carbocycles. The highest BCUT2D eigenvalue weighted by Crippen LogP contribution is 2.37. The summed E-state index contributed by atoms with van der Waals surface area (Å²) < 4.78 is 24.5. The van der Waals surface area contributed by atoms with Crippen LogP contribution in [-0.4, -0.2) is 18.5 Å². The molecule has 0 unspecified atom stereocenters. The molecule has 1 N–H and O–H groups in total. The first-order valence-corrected chi connectivity index (χ1v) is 4.11. The van der Waals surface area contributed by atoms with Gasteiger partial charge < -0.3 is 5.32 Å². The predicted molar refractivity (Wildman–Crippen MR) is 40.8 cm³/mol. The summed E-state index contributed by atoms with van der Waals surface area (Å²) in [5.41, 5.74) is 0. The molecule has 1 rings (SSSR count). The van der Waals surface area contributed by atoms with E-state index in [1.54, 1.807) is 0 Å². The summed E-state index contributed by atoms with van der Waals surface area (Å²) in [6, 6.07) is 0.0624. The molecule has 0 spiro atoms. The molecule has 11 heavy (non-hydrogen) atoms. The van der Waals surface area contributed by atoms with E-state index in [9.17, 15) is 8.78 Å². The Morgan fingerprint density at radius 1 is 1.45 bits per heavy atom. The molecule has 1 aliphatic carbocycles. The molecule has 3 heteroatoms. The van der Waals surface area contributed by atoms with Crippen molar-refractivity contribution in [3.05, 3.63) is 0 Å². The van der Waals surface area contributed by atoms with Gasteiger partial charge in [0.2, 0.25) is 0 Å². The van der Waals surface area contributed by atoms with Gasteiger partial charge in [-0.15, -0.1) is 0 Å². The number of hydrogen-bond donors (Lipinski definition) is 1. The fraction of sp³-hybridized carbons (Fsp3) is 1.00. The van der Waals surface area contributed by atoms with Gasteiger partial charge in [0, 0.05) is 18.9 Å². The summed E-state index contributed by atoms with van der Waals surface area (Å²) in [4.78, 5) is 0. The summed E-state index contributed by atoms with van der Waals surface area (Å²) in [6.07, 6.45) is 0.0550. The van der Waals surface area contributed by atoms with Gasteiger partial charge in [-0.2, -0.15) is 0 Å². The molecule has 0 aromatic carbocycles. The van der Waals surface area contributed by atoms with Crippen molar-refractivity contribution in [1.82, 2.24) is 5.32 Å². The maximum Gasteiger partial charge on any atom is 0.251 e. The first-order chi connectivity index (χ1) is 4.99. The Morgan fingerprint density at radius 3 is 2.36 bits per heavy atom. The minimum Gasteiger partial charge on any atom is -0.313 e. The van der Waals surface area contributed by atoms with E-state index >= 15 is 0 Å². The van der Waals surface area contributed by atoms with Crippen molar-refractivity contribution in [3.63, 3.8) is 0 Å². The van der Waals surface area contributed by atoms with E-state index in [1.807, 2.05) is 0 Å². The molecule has 0 aliphatic heterocycles. The average molecular weight is 163 g/mol. The molecule has 0 heterocycles. The summed E-state index contributed by atoms with van der Waals surface area (Å²) in [5, 5.41) is 3.09. The van der Waals surface area contributed by atoms with Crippen molar-refractivity contribution >= 4 is 0 Å². The first kappa shape index (κ1) is 8.91. The highest BCUT2D eigenvalue weighted by molar-refractivity contribution is 4.91. The van der Waals surface area contributed by atoms with Gasteiger partial charge in [0.25, 0.3) is 5.92 Å². The standard InChI is InChI=1S/C8H15F2N/c1-6(2)5-11-7-3-8(9,10)4-7/h6-7,11H,3-5H2,1-2H3. The lowest BCUT2D eigenvalue weighted by Crippen LogP contribution is -2.49. The fourth-order valence-electron chi connectivity index (χ4n) is 1.21. The Hall–Kier alpha value is -0.180.